The van der Waals surface area contributed by atoms with Crippen LogP contribution in [-0.4, -0.2) is 25.9 Å². The SMILES string of the molecule is CCn1ncc(NC(=O)c2cc(-c3ccco3)[nH]n2)c1C. The zero-order valence-electron chi connectivity index (χ0n) is 11.8. The minimum absolute atomic E-state index is 0.289. The van der Waals surface area contributed by atoms with Gasteiger partial charge in [0.2, 0.25) is 0 Å². The molecule has 0 fully saturated rings. The van der Waals surface area contributed by atoms with Crippen molar-refractivity contribution in [2.45, 2.75) is 20.4 Å². The number of amides is 1. The Morgan fingerprint density at radius 3 is 3.05 bits per heavy atom. The van der Waals surface area contributed by atoms with E-state index in [-0.39, 0.29) is 5.91 Å². The van der Waals surface area contributed by atoms with Crippen molar-refractivity contribution in [3.63, 3.8) is 0 Å². The van der Waals surface area contributed by atoms with Crippen molar-refractivity contribution in [1.29, 1.82) is 0 Å². The van der Waals surface area contributed by atoms with E-state index in [0.29, 0.717) is 22.8 Å². The third-order valence-electron chi connectivity index (χ3n) is 3.25. The molecule has 108 valence electrons. The maximum Gasteiger partial charge on any atom is 0.276 e. The van der Waals surface area contributed by atoms with Crippen LogP contribution in [0.25, 0.3) is 11.5 Å². The van der Waals surface area contributed by atoms with Crippen LogP contribution < -0.4 is 5.32 Å². The van der Waals surface area contributed by atoms with Gasteiger partial charge in [-0.2, -0.15) is 10.2 Å². The smallest absolute Gasteiger partial charge is 0.276 e. The first-order chi connectivity index (χ1) is 10.2. The number of furan rings is 1. The molecule has 0 aliphatic heterocycles. The molecule has 3 aromatic heterocycles. The van der Waals surface area contributed by atoms with Crippen LogP contribution in [-0.2, 0) is 6.54 Å². The number of carbonyl (C=O) groups is 1. The van der Waals surface area contributed by atoms with Gasteiger partial charge in [-0.05, 0) is 26.0 Å². The molecule has 0 saturated carbocycles. The van der Waals surface area contributed by atoms with E-state index in [9.17, 15) is 4.79 Å². The van der Waals surface area contributed by atoms with E-state index in [1.807, 2.05) is 18.5 Å². The molecule has 0 atom stereocenters. The fourth-order valence-corrected chi connectivity index (χ4v) is 2.07. The van der Waals surface area contributed by atoms with Gasteiger partial charge >= 0.3 is 0 Å². The first-order valence-electron chi connectivity index (χ1n) is 6.62. The molecule has 0 spiro atoms. The first kappa shape index (κ1) is 13.2. The highest BCUT2D eigenvalue weighted by molar-refractivity contribution is 6.03. The van der Waals surface area contributed by atoms with Gasteiger partial charge in [0.15, 0.2) is 11.5 Å². The maximum atomic E-state index is 12.2. The third kappa shape index (κ3) is 2.45. The average Bonchev–Trinajstić information content (AvgIpc) is 3.19. The molecule has 21 heavy (non-hydrogen) atoms. The molecule has 3 heterocycles. The van der Waals surface area contributed by atoms with E-state index in [1.165, 1.54) is 0 Å². The van der Waals surface area contributed by atoms with E-state index < -0.39 is 0 Å². The summed E-state index contributed by atoms with van der Waals surface area (Å²) in [6, 6.07) is 5.22. The highest BCUT2D eigenvalue weighted by Gasteiger charge is 2.15. The Bertz CT molecular complexity index is 754. The van der Waals surface area contributed by atoms with Crippen LogP contribution in [0.15, 0.2) is 35.1 Å². The van der Waals surface area contributed by atoms with Gasteiger partial charge in [0, 0.05) is 12.6 Å². The summed E-state index contributed by atoms with van der Waals surface area (Å²) in [6.45, 7) is 4.66. The standard InChI is InChI=1S/C14H15N5O2/c1-3-19-9(2)12(8-15-19)16-14(20)11-7-10(17-18-11)13-5-4-6-21-13/h4-8H,3H2,1-2H3,(H,16,20)(H,17,18). The predicted molar refractivity (Wildman–Crippen MR) is 76.9 cm³/mol. The van der Waals surface area contributed by atoms with Crippen molar-refractivity contribution in [3.05, 3.63) is 42.0 Å². The van der Waals surface area contributed by atoms with E-state index in [2.05, 4.69) is 20.6 Å². The summed E-state index contributed by atoms with van der Waals surface area (Å²) in [7, 11) is 0. The van der Waals surface area contributed by atoms with Crippen molar-refractivity contribution in [1.82, 2.24) is 20.0 Å². The Labute approximate surface area is 121 Å². The number of rotatable bonds is 4. The molecule has 7 heteroatoms. The van der Waals surface area contributed by atoms with Crippen LogP contribution in [0.5, 0.6) is 0 Å². The number of aromatic nitrogens is 4. The van der Waals surface area contributed by atoms with Crippen molar-refractivity contribution in [2.24, 2.45) is 0 Å². The molecule has 3 aromatic rings. The average molecular weight is 285 g/mol. The Morgan fingerprint density at radius 1 is 1.52 bits per heavy atom. The summed E-state index contributed by atoms with van der Waals surface area (Å²) in [5, 5.41) is 13.8. The number of nitrogens with one attached hydrogen (secondary N) is 2. The molecule has 3 rings (SSSR count). The van der Waals surface area contributed by atoms with Crippen LogP contribution in [0.1, 0.15) is 23.1 Å². The lowest BCUT2D eigenvalue weighted by atomic mass is 10.3. The Morgan fingerprint density at radius 2 is 2.38 bits per heavy atom. The number of anilines is 1. The minimum Gasteiger partial charge on any atom is -0.463 e. The number of nitrogens with zero attached hydrogens (tertiary/aromatic N) is 3. The number of hydrogen-bond donors (Lipinski definition) is 2. The quantitative estimate of drug-likeness (QED) is 0.770. The highest BCUT2D eigenvalue weighted by atomic mass is 16.3. The second-order valence-electron chi connectivity index (χ2n) is 4.56. The van der Waals surface area contributed by atoms with Crippen LogP contribution >= 0.6 is 0 Å². The first-order valence-corrected chi connectivity index (χ1v) is 6.62. The highest BCUT2D eigenvalue weighted by Crippen LogP contribution is 2.19. The van der Waals surface area contributed by atoms with Crippen LogP contribution in [0.2, 0.25) is 0 Å². The second-order valence-corrected chi connectivity index (χ2v) is 4.56. The van der Waals surface area contributed by atoms with Gasteiger partial charge in [-0.15, -0.1) is 0 Å². The van der Waals surface area contributed by atoms with E-state index in [0.717, 1.165) is 12.2 Å². The monoisotopic (exact) mass is 285 g/mol. The molecule has 0 aliphatic carbocycles. The Hall–Kier alpha value is -2.83. The molecule has 0 bridgehead atoms. The normalized spacial score (nSPS) is 10.8. The molecule has 2 N–H and O–H groups in total. The van der Waals surface area contributed by atoms with E-state index in [4.69, 9.17) is 4.42 Å². The van der Waals surface area contributed by atoms with Gasteiger partial charge in [0.25, 0.3) is 5.91 Å². The second kappa shape index (κ2) is 5.28. The Balaban J connectivity index is 1.78. The van der Waals surface area contributed by atoms with Crippen LogP contribution in [0.3, 0.4) is 0 Å². The lowest BCUT2D eigenvalue weighted by Crippen LogP contribution is -2.13. The molecule has 1 amide bonds. The van der Waals surface area contributed by atoms with E-state index in [1.54, 1.807) is 30.7 Å². The van der Waals surface area contributed by atoms with Gasteiger partial charge in [0.05, 0.1) is 23.8 Å². The summed E-state index contributed by atoms with van der Waals surface area (Å²) in [4.78, 5) is 12.2. The minimum atomic E-state index is -0.289. The summed E-state index contributed by atoms with van der Waals surface area (Å²) >= 11 is 0. The molecule has 0 aromatic carbocycles. The zero-order chi connectivity index (χ0) is 14.8. The lowest BCUT2D eigenvalue weighted by molar-refractivity contribution is 0.102. The van der Waals surface area contributed by atoms with Gasteiger partial charge in [-0.1, -0.05) is 0 Å². The topological polar surface area (TPSA) is 88.7 Å². The summed E-state index contributed by atoms with van der Waals surface area (Å²) in [5.41, 5.74) is 2.55. The molecular weight excluding hydrogens is 270 g/mol. The number of carbonyl (C=O) groups excluding carboxylic acids is 1. The fourth-order valence-electron chi connectivity index (χ4n) is 2.07. The largest absolute Gasteiger partial charge is 0.463 e. The zero-order valence-corrected chi connectivity index (χ0v) is 11.8. The molecule has 0 aliphatic rings. The summed E-state index contributed by atoms with van der Waals surface area (Å²) in [6.07, 6.45) is 3.20. The van der Waals surface area contributed by atoms with Crippen LogP contribution in [0.4, 0.5) is 5.69 Å². The molecule has 7 nitrogen and oxygen atoms in total. The third-order valence-corrected chi connectivity index (χ3v) is 3.25. The van der Waals surface area contributed by atoms with Gasteiger partial charge in [-0.25, -0.2) is 0 Å². The van der Waals surface area contributed by atoms with Gasteiger partial charge in [0.1, 0.15) is 5.69 Å². The van der Waals surface area contributed by atoms with Gasteiger partial charge in [-0.3, -0.25) is 14.6 Å². The molecule has 0 saturated heterocycles. The van der Waals surface area contributed by atoms with Crippen LogP contribution in [0, 0.1) is 6.92 Å². The number of aromatic amines is 1. The Kier molecular flexibility index (Phi) is 3.31. The maximum absolute atomic E-state index is 12.2. The molecule has 0 unspecified atom stereocenters. The van der Waals surface area contributed by atoms with Gasteiger partial charge < -0.3 is 9.73 Å². The molecule has 0 radical (unpaired) electrons. The van der Waals surface area contributed by atoms with Crippen molar-refractivity contribution in [2.75, 3.05) is 5.32 Å². The fraction of sp³-hybridized carbons (Fsp3) is 0.214. The summed E-state index contributed by atoms with van der Waals surface area (Å²) in [5.74, 6) is 0.347. The van der Waals surface area contributed by atoms with Crippen molar-refractivity contribution < 1.29 is 9.21 Å². The van der Waals surface area contributed by atoms with Crippen molar-refractivity contribution >= 4 is 11.6 Å². The molecular formula is C14H15N5O2. The number of H-pyrrole nitrogens is 1. The number of hydrogen-bond acceptors (Lipinski definition) is 4. The number of aryl methyl sites for hydroxylation is 1. The predicted octanol–water partition coefficient (Wildman–Crippen LogP) is 2.45. The summed E-state index contributed by atoms with van der Waals surface area (Å²) < 4.78 is 7.07. The van der Waals surface area contributed by atoms with Crippen molar-refractivity contribution in [3.8, 4) is 11.5 Å². The lowest BCUT2D eigenvalue weighted by Gasteiger charge is -2.03. The van der Waals surface area contributed by atoms with E-state index >= 15 is 0 Å².